The highest BCUT2D eigenvalue weighted by Crippen LogP contribution is 2.16. The van der Waals surface area contributed by atoms with Crippen molar-refractivity contribution >= 4 is 35.1 Å². The molecule has 3 rings (SSSR count). The average molecular weight is 419 g/mol. The van der Waals surface area contributed by atoms with Crippen LogP contribution in [0.1, 0.15) is 33.6 Å². The molecule has 0 unspecified atom stereocenters. The quantitative estimate of drug-likeness (QED) is 0.668. The number of hydrogen-bond donors (Lipinski definition) is 2. The van der Waals surface area contributed by atoms with E-state index in [1.54, 1.807) is 48.5 Å². The van der Waals surface area contributed by atoms with Crippen LogP contribution in [0.2, 0.25) is 10.0 Å². The Kier molecular flexibility index (Phi) is 6.57. The van der Waals surface area contributed by atoms with Crippen molar-refractivity contribution in [3.05, 3.63) is 93.2 Å². The van der Waals surface area contributed by atoms with Crippen LogP contribution in [0.4, 0.5) is 0 Å². The van der Waals surface area contributed by atoms with Crippen LogP contribution in [-0.2, 0) is 9.68 Å². The number of benzene rings is 2. The standard InChI is InChI=1S/C20H16Cl2N2O4/c21-15-9-5-13(6-10-15)19(25)27-23-17-3-1-2-4-18(17)24-28-20(26)14-7-11-16(22)12-8-14/h3-12,23-24H,1-2H2. The van der Waals surface area contributed by atoms with Gasteiger partial charge in [-0.2, -0.15) is 0 Å². The highest BCUT2D eigenvalue weighted by Gasteiger charge is 2.15. The third kappa shape index (κ3) is 5.28. The van der Waals surface area contributed by atoms with Crippen molar-refractivity contribution in [2.45, 2.75) is 12.8 Å². The number of allylic oxidation sites excluding steroid dienone is 2. The third-order valence-corrected chi connectivity index (χ3v) is 4.32. The molecule has 0 aliphatic heterocycles. The van der Waals surface area contributed by atoms with Gasteiger partial charge in [0.2, 0.25) is 0 Å². The lowest BCUT2D eigenvalue weighted by molar-refractivity contribution is 0.0256. The van der Waals surface area contributed by atoms with E-state index in [0.29, 0.717) is 32.6 Å². The number of hydroxylamine groups is 2. The molecule has 0 saturated carbocycles. The number of hydrogen-bond acceptors (Lipinski definition) is 6. The molecule has 28 heavy (non-hydrogen) atoms. The fourth-order valence-corrected chi connectivity index (χ4v) is 2.61. The molecule has 2 aromatic carbocycles. The van der Waals surface area contributed by atoms with Gasteiger partial charge in [-0.25, -0.2) is 20.5 Å². The maximum Gasteiger partial charge on any atom is 0.362 e. The molecule has 0 spiro atoms. The van der Waals surface area contributed by atoms with Crippen molar-refractivity contribution in [2.24, 2.45) is 0 Å². The van der Waals surface area contributed by atoms with Crippen molar-refractivity contribution in [3.63, 3.8) is 0 Å². The van der Waals surface area contributed by atoms with Crippen LogP contribution >= 0.6 is 23.2 Å². The summed E-state index contributed by atoms with van der Waals surface area (Å²) in [4.78, 5) is 34.4. The summed E-state index contributed by atoms with van der Waals surface area (Å²) in [6.45, 7) is 0. The average Bonchev–Trinajstić information content (AvgIpc) is 2.72. The number of carbonyl (C=O) groups excluding carboxylic acids is 2. The van der Waals surface area contributed by atoms with Gasteiger partial charge in [0, 0.05) is 10.0 Å². The van der Waals surface area contributed by atoms with Gasteiger partial charge in [-0.1, -0.05) is 35.4 Å². The molecule has 0 bridgehead atoms. The van der Waals surface area contributed by atoms with Gasteiger partial charge in [-0.15, -0.1) is 0 Å². The molecular formula is C20H16Cl2N2O4. The first-order valence-corrected chi connectivity index (χ1v) is 9.15. The molecule has 0 saturated heterocycles. The minimum atomic E-state index is -0.569. The normalized spacial score (nSPS) is 13.1. The number of halogens is 2. The van der Waals surface area contributed by atoms with Crippen molar-refractivity contribution in [1.82, 2.24) is 11.0 Å². The van der Waals surface area contributed by atoms with Gasteiger partial charge >= 0.3 is 11.9 Å². The maximum atomic E-state index is 12.1. The van der Waals surface area contributed by atoms with E-state index < -0.39 is 11.9 Å². The largest absolute Gasteiger partial charge is 0.362 e. The van der Waals surface area contributed by atoms with Crippen LogP contribution in [0.25, 0.3) is 0 Å². The van der Waals surface area contributed by atoms with E-state index in [-0.39, 0.29) is 0 Å². The molecule has 1 aliphatic carbocycles. The Morgan fingerprint density at radius 2 is 1.04 bits per heavy atom. The Morgan fingerprint density at radius 3 is 1.39 bits per heavy atom. The molecule has 2 N–H and O–H groups in total. The van der Waals surface area contributed by atoms with Gasteiger partial charge in [0.05, 0.1) is 22.5 Å². The molecule has 0 radical (unpaired) electrons. The van der Waals surface area contributed by atoms with Crippen molar-refractivity contribution < 1.29 is 19.3 Å². The van der Waals surface area contributed by atoms with Crippen LogP contribution in [0.5, 0.6) is 0 Å². The second kappa shape index (κ2) is 9.30. The third-order valence-electron chi connectivity index (χ3n) is 3.82. The first-order chi connectivity index (χ1) is 13.5. The summed E-state index contributed by atoms with van der Waals surface area (Å²) in [5.41, 5.74) is 6.85. The fourth-order valence-electron chi connectivity index (χ4n) is 2.36. The van der Waals surface area contributed by atoms with E-state index in [0.717, 1.165) is 12.8 Å². The maximum absolute atomic E-state index is 12.1. The second-order valence-corrected chi connectivity index (χ2v) is 6.68. The Hall–Kier alpha value is -2.96. The van der Waals surface area contributed by atoms with E-state index in [1.165, 1.54) is 0 Å². The Labute approximate surface area is 171 Å². The van der Waals surface area contributed by atoms with E-state index >= 15 is 0 Å². The highest BCUT2D eigenvalue weighted by atomic mass is 35.5. The molecule has 0 heterocycles. The van der Waals surface area contributed by atoms with Crippen molar-refractivity contribution in [2.75, 3.05) is 0 Å². The zero-order chi connectivity index (χ0) is 19.9. The lowest BCUT2D eigenvalue weighted by Crippen LogP contribution is -2.28. The topological polar surface area (TPSA) is 76.7 Å². The van der Waals surface area contributed by atoms with E-state index in [2.05, 4.69) is 11.0 Å². The first kappa shape index (κ1) is 19.8. The minimum absolute atomic E-state index is 0.348. The molecule has 8 heteroatoms. The van der Waals surface area contributed by atoms with Gasteiger partial charge in [0.15, 0.2) is 0 Å². The Bertz CT molecular complexity index is 845. The van der Waals surface area contributed by atoms with E-state index in [4.69, 9.17) is 32.9 Å². The smallest absolute Gasteiger partial charge is 0.338 e. The molecular weight excluding hydrogens is 403 g/mol. The zero-order valence-corrected chi connectivity index (χ0v) is 16.1. The number of carbonyl (C=O) groups is 2. The lowest BCUT2D eigenvalue weighted by Gasteiger charge is -2.18. The molecule has 144 valence electrons. The summed E-state index contributed by atoms with van der Waals surface area (Å²) in [5, 5.41) is 1.05. The molecule has 0 amide bonds. The van der Waals surface area contributed by atoms with Crippen molar-refractivity contribution in [1.29, 1.82) is 0 Å². The van der Waals surface area contributed by atoms with Crippen LogP contribution in [0.3, 0.4) is 0 Å². The minimum Gasteiger partial charge on any atom is -0.338 e. The molecule has 0 aromatic heterocycles. The summed E-state index contributed by atoms with van der Waals surface area (Å²) < 4.78 is 0. The predicted molar refractivity (Wildman–Crippen MR) is 105 cm³/mol. The van der Waals surface area contributed by atoms with Crippen LogP contribution in [-0.4, -0.2) is 11.9 Å². The highest BCUT2D eigenvalue weighted by molar-refractivity contribution is 6.30. The predicted octanol–water partition coefficient (Wildman–Crippen LogP) is 4.58. The van der Waals surface area contributed by atoms with Gasteiger partial charge in [0.1, 0.15) is 0 Å². The van der Waals surface area contributed by atoms with Gasteiger partial charge in [0.25, 0.3) is 0 Å². The molecule has 2 aromatic rings. The van der Waals surface area contributed by atoms with Gasteiger partial charge in [-0.3, -0.25) is 0 Å². The van der Waals surface area contributed by atoms with Gasteiger partial charge < -0.3 is 9.68 Å². The molecule has 0 atom stereocenters. The molecule has 1 aliphatic rings. The number of nitrogens with one attached hydrogen (secondary N) is 2. The zero-order valence-electron chi connectivity index (χ0n) is 14.6. The lowest BCUT2D eigenvalue weighted by atomic mass is 10.1. The van der Waals surface area contributed by atoms with Crippen LogP contribution < -0.4 is 11.0 Å². The first-order valence-electron chi connectivity index (χ1n) is 8.39. The van der Waals surface area contributed by atoms with Crippen LogP contribution in [0.15, 0.2) is 72.1 Å². The van der Waals surface area contributed by atoms with E-state index in [1.807, 2.05) is 12.2 Å². The monoisotopic (exact) mass is 418 g/mol. The summed E-state index contributed by atoms with van der Waals surface area (Å²) >= 11 is 11.6. The number of rotatable bonds is 6. The summed E-state index contributed by atoms with van der Waals surface area (Å²) in [6, 6.07) is 12.6. The van der Waals surface area contributed by atoms with Crippen molar-refractivity contribution in [3.8, 4) is 0 Å². The summed E-state index contributed by atoms with van der Waals surface area (Å²) in [5.74, 6) is -1.14. The fraction of sp³-hybridized carbons (Fsp3) is 0.100. The second-order valence-electron chi connectivity index (χ2n) is 5.81. The Morgan fingerprint density at radius 1 is 0.679 bits per heavy atom. The Balaban J connectivity index is 1.55. The summed E-state index contributed by atoms with van der Waals surface area (Å²) in [7, 11) is 0. The van der Waals surface area contributed by atoms with Crippen LogP contribution in [0, 0.1) is 0 Å². The van der Waals surface area contributed by atoms with Gasteiger partial charge in [-0.05, 0) is 61.4 Å². The molecule has 0 fully saturated rings. The van der Waals surface area contributed by atoms with E-state index in [9.17, 15) is 9.59 Å². The summed E-state index contributed by atoms with van der Waals surface area (Å²) in [6.07, 6.45) is 5.15. The SMILES string of the molecule is O=C(ONC1=CCCC=C1NOC(=O)c1ccc(Cl)cc1)c1ccc(Cl)cc1. The molecule has 6 nitrogen and oxygen atoms in total.